The molecule has 0 N–H and O–H groups in total. The molecule has 2 fully saturated rings. The normalized spacial score (nSPS) is 25.3. The zero-order valence-electron chi connectivity index (χ0n) is 13.7. The fourth-order valence-corrected chi connectivity index (χ4v) is 4.88. The lowest BCUT2D eigenvalue weighted by Crippen LogP contribution is -2.47. The summed E-state index contributed by atoms with van der Waals surface area (Å²) < 4.78 is 0. The SMILES string of the molecule is O=C([C@@H]1CCCN1C(=O)CC1C=Cc2ccccc21)N1CCSC1. The van der Waals surface area contributed by atoms with E-state index in [4.69, 9.17) is 0 Å². The first kappa shape index (κ1) is 15.8. The van der Waals surface area contributed by atoms with Gasteiger partial charge in [0, 0.05) is 31.2 Å². The van der Waals surface area contributed by atoms with Gasteiger partial charge in [0.15, 0.2) is 0 Å². The van der Waals surface area contributed by atoms with Crippen LogP contribution in [-0.2, 0) is 9.59 Å². The van der Waals surface area contributed by atoms with Crippen LogP contribution in [-0.4, -0.2) is 52.4 Å². The van der Waals surface area contributed by atoms with E-state index in [1.807, 2.05) is 21.9 Å². The van der Waals surface area contributed by atoms with E-state index < -0.39 is 0 Å². The van der Waals surface area contributed by atoms with Gasteiger partial charge in [-0.15, -0.1) is 11.8 Å². The van der Waals surface area contributed by atoms with Gasteiger partial charge in [-0.05, 0) is 24.0 Å². The second-order valence-electron chi connectivity index (χ2n) is 6.68. The van der Waals surface area contributed by atoms with Crippen LogP contribution in [0.15, 0.2) is 30.3 Å². The van der Waals surface area contributed by atoms with Crippen LogP contribution in [0.1, 0.15) is 36.3 Å². The average molecular weight is 342 g/mol. The van der Waals surface area contributed by atoms with Crippen LogP contribution < -0.4 is 0 Å². The predicted molar refractivity (Wildman–Crippen MR) is 96.6 cm³/mol. The predicted octanol–water partition coefficient (Wildman–Crippen LogP) is 2.71. The van der Waals surface area contributed by atoms with Gasteiger partial charge in [-0.1, -0.05) is 36.4 Å². The van der Waals surface area contributed by atoms with Crippen LogP contribution in [0.25, 0.3) is 6.08 Å². The van der Waals surface area contributed by atoms with Crippen LogP contribution in [0.2, 0.25) is 0 Å². The van der Waals surface area contributed by atoms with Crippen molar-refractivity contribution in [1.82, 2.24) is 9.80 Å². The van der Waals surface area contributed by atoms with Crippen molar-refractivity contribution < 1.29 is 9.59 Å². The summed E-state index contributed by atoms with van der Waals surface area (Å²) in [5.41, 5.74) is 2.43. The molecule has 0 spiro atoms. The Kier molecular flexibility index (Phi) is 4.35. The molecular weight excluding hydrogens is 320 g/mol. The van der Waals surface area contributed by atoms with Crippen molar-refractivity contribution in [2.45, 2.75) is 31.2 Å². The third kappa shape index (κ3) is 2.86. The maximum Gasteiger partial charge on any atom is 0.246 e. The third-order valence-electron chi connectivity index (χ3n) is 5.22. The van der Waals surface area contributed by atoms with Gasteiger partial charge < -0.3 is 9.80 Å². The van der Waals surface area contributed by atoms with Gasteiger partial charge in [0.1, 0.15) is 6.04 Å². The first-order valence-electron chi connectivity index (χ1n) is 8.67. The number of likely N-dealkylation sites (tertiary alicyclic amines) is 1. The van der Waals surface area contributed by atoms with E-state index in [1.165, 1.54) is 11.1 Å². The number of hydrogen-bond acceptors (Lipinski definition) is 3. The van der Waals surface area contributed by atoms with Gasteiger partial charge in [0.2, 0.25) is 11.8 Å². The average Bonchev–Trinajstić information content (AvgIpc) is 3.35. The Bertz CT molecular complexity index is 682. The molecular formula is C19H22N2O2S. The minimum atomic E-state index is -0.239. The Labute approximate surface area is 146 Å². The zero-order chi connectivity index (χ0) is 16.5. The summed E-state index contributed by atoms with van der Waals surface area (Å²) in [5.74, 6) is 2.19. The fourth-order valence-electron chi connectivity index (χ4n) is 3.93. The Balaban J connectivity index is 1.44. The van der Waals surface area contributed by atoms with Crippen molar-refractivity contribution in [3.05, 3.63) is 41.5 Å². The number of fused-ring (bicyclic) bond motifs is 1. The summed E-state index contributed by atoms with van der Waals surface area (Å²) in [5, 5.41) is 0. The number of carbonyl (C=O) groups excluding carboxylic acids is 2. The van der Waals surface area contributed by atoms with Crippen LogP contribution in [0.5, 0.6) is 0 Å². The molecule has 2 aliphatic heterocycles. The lowest BCUT2D eigenvalue weighted by molar-refractivity contribution is -0.143. The van der Waals surface area contributed by atoms with Crippen molar-refractivity contribution in [3.8, 4) is 0 Å². The summed E-state index contributed by atoms with van der Waals surface area (Å²) in [6, 6.07) is 8.00. The number of hydrogen-bond donors (Lipinski definition) is 0. The van der Waals surface area contributed by atoms with Gasteiger partial charge >= 0.3 is 0 Å². The first-order chi connectivity index (χ1) is 11.7. The highest BCUT2D eigenvalue weighted by Crippen LogP contribution is 2.34. The summed E-state index contributed by atoms with van der Waals surface area (Å²) in [6.45, 7) is 1.54. The molecule has 2 amide bonds. The number of benzene rings is 1. The number of thioether (sulfide) groups is 1. The van der Waals surface area contributed by atoms with Crippen molar-refractivity contribution >= 4 is 29.7 Å². The van der Waals surface area contributed by atoms with Crippen molar-refractivity contribution in [3.63, 3.8) is 0 Å². The molecule has 2 atom stereocenters. The van der Waals surface area contributed by atoms with E-state index in [2.05, 4.69) is 24.3 Å². The van der Waals surface area contributed by atoms with Crippen LogP contribution in [0.3, 0.4) is 0 Å². The summed E-state index contributed by atoms with van der Waals surface area (Å²) in [7, 11) is 0. The maximum absolute atomic E-state index is 12.9. The fraction of sp³-hybridized carbons (Fsp3) is 0.474. The van der Waals surface area contributed by atoms with E-state index in [1.54, 1.807) is 11.8 Å². The van der Waals surface area contributed by atoms with Gasteiger partial charge in [0.25, 0.3) is 0 Å². The molecule has 0 bridgehead atoms. The monoisotopic (exact) mass is 342 g/mol. The Morgan fingerprint density at radius 1 is 1.21 bits per heavy atom. The molecule has 3 aliphatic rings. The number of nitrogens with zero attached hydrogens (tertiary/aromatic N) is 2. The topological polar surface area (TPSA) is 40.6 Å². The van der Waals surface area contributed by atoms with Crippen LogP contribution in [0.4, 0.5) is 0 Å². The molecule has 4 rings (SSSR count). The second-order valence-corrected chi connectivity index (χ2v) is 7.76. The molecule has 24 heavy (non-hydrogen) atoms. The summed E-state index contributed by atoms with van der Waals surface area (Å²) in [4.78, 5) is 29.3. The number of rotatable bonds is 3. The Morgan fingerprint density at radius 2 is 2.08 bits per heavy atom. The molecule has 1 unspecified atom stereocenters. The summed E-state index contributed by atoms with van der Waals surface area (Å²) in [6.07, 6.45) is 6.42. The van der Waals surface area contributed by atoms with E-state index in [-0.39, 0.29) is 23.8 Å². The van der Waals surface area contributed by atoms with Gasteiger partial charge in [-0.3, -0.25) is 9.59 Å². The Hall–Kier alpha value is -1.75. The molecule has 1 aliphatic carbocycles. The molecule has 0 aromatic heterocycles. The first-order valence-corrected chi connectivity index (χ1v) is 9.82. The summed E-state index contributed by atoms with van der Waals surface area (Å²) >= 11 is 1.79. The molecule has 1 aromatic rings. The number of amides is 2. The molecule has 1 aromatic carbocycles. The highest BCUT2D eigenvalue weighted by molar-refractivity contribution is 7.99. The Morgan fingerprint density at radius 3 is 2.92 bits per heavy atom. The van der Waals surface area contributed by atoms with Crippen LogP contribution >= 0.6 is 11.8 Å². The van der Waals surface area contributed by atoms with Gasteiger partial charge in [-0.2, -0.15) is 0 Å². The molecule has 0 saturated carbocycles. The van der Waals surface area contributed by atoms with E-state index in [0.29, 0.717) is 13.0 Å². The largest absolute Gasteiger partial charge is 0.331 e. The van der Waals surface area contributed by atoms with Crippen LogP contribution in [0, 0.1) is 0 Å². The molecule has 0 radical (unpaired) electrons. The highest BCUT2D eigenvalue weighted by Gasteiger charge is 2.37. The zero-order valence-corrected chi connectivity index (χ0v) is 14.5. The molecule has 2 saturated heterocycles. The standard InChI is InChI=1S/C19H22N2O2S/c22-18(12-15-8-7-14-4-1-2-5-16(14)15)21-9-3-6-17(21)19(23)20-10-11-24-13-20/h1-2,4-5,7-8,15,17H,3,6,9-13H2/t15?,17-/m0/s1. The highest BCUT2D eigenvalue weighted by atomic mass is 32.2. The smallest absolute Gasteiger partial charge is 0.246 e. The molecule has 2 heterocycles. The maximum atomic E-state index is 12.9. The second kappa shape index (κ2) is 6.63. The van der Waals surface area contributed by atoms with Gasteiger partial charge in [0.05, 0.1) is 5.88 Å². The van der Waals surface area contributed by atoms with Crippen molar-refractivity contribution in [1.29, 1.82) is 0 Å². The third-order valence-corrected chi connectivity index (χ3v) is 6.19. The minimum absolute atomic E-state index is 0.115. The molecule has 126 valence electrons. The van der Waals surface area contributed by atoms with E-state index >= 15 is 0 Å². The van der Waals surface area contributed by atoms with Crippen molar-refractivity contribution in [2.24, 2.45) is 0 Å². The quantitative estimate of drug-likeness (QED) is 0.848. The lowest BCUT2D eigenvalue weighted by Gasteiger charge is -2.28. The van der Waals surface area contributed by atoms with Crippen molar-refractivity contribution in [2.75, 3.05) is 24.7 Å². The lowest BCUT2D eigenvalue weighted by atomic mass is 9.97. The minimum Gasteiger partial charge on any atom is -0.331 e. The molecule has 4 nitrogen and oxygen atoms in total. The number of carbonyl (C=O) groups is 2. The number of allylic oxidation sites excluding steroid dienone is 1. The van der Waals surface area contributed by atoms with E-state index in [9.17, 15) is 9.59 Å². The molecule has 5 heteroatoms. The van der Waals surface area contributed by atoms with Gasteiger partial charge in [-0.25, -0.2) is 0 Å². The van der Waals surface area contributed by atoms with E-state index in [0.717, 1.165) is 31.0 Å².